The number of nitriles is 2. The van der Waals surface area contributed by atoms with Crippen molar-refractivity contribution in [2.24, 2.45) is 0 Å². The Morgan fingerprint density at radius 1 is 0.535 bits per heavy atom. The first-order valence-electron chi connectivity index (χ1n) is 39.0. The summed E-state index contributed by atoms with van der Waals surface area (Å²) < 4.78 is 48.3. The van der Waals surface area contributed by atoms with Crippen molar-refractivity contribution in [3.8, 4) is 34.4 Å². The van der Waals surface area contributed by atoms with Crippen LogP contribution in [-0.2, 0) is 37.2 Å². The summed E-state index contributed by atoms with van der Waals surface area (Å²) in [5.74, 6) is 0.313. The maximum absolute atomic E-state index is 11.5. The van der Waals surface area contributed by atoms with Gasteiger partial charge in [-0.15, -0.1) is 0 Å². The second-order valence-corrected chi connectivity index (χ2v) is 48.2. The molecular weight excluding hydrogens is 1520 g/mol. The number of carbonyl (C=O) groups is 1. The number of pyridine rings is 2. The zero-order valence-electron chi connectivity index (χ0n) is 67.3. The minimum atomic E-state index is -3.08. The highest BCUT2D eigenvalue weighted by Crippen LogP contribution is 2.50. The summed E-state index contributed by atoms with van der Waals surface area (Å²) in [5, 5.41) is 28.1. The number of nitrogens with one attached hydrogen (secondary N) is 1. The van der Waals surface area contributed by atoms with Crippen LogP contribution in [0.1, 0.15) is 121 Å². The number of H-pyrrole nitrogens is 1. The molecule has 0 spiro atoms. The number of fused-ring (bicyclic) bond motifs is 2. The molecule has 3 fully saturated rings. The zero-order chi connectivity index (χ0) is 81.4. The predicted octanol–water partition coefficient (Wildman–Crippen LogP) is 18.8. The van der Waals surface area contributed by atoms with Gasteiger partial charge in [-0.05, 0) is 158 Å². The van der Waals surface area contributed by atoms with Crippen LogP contribution in [0.2, 0.25) is 15.1 Å². The molecule has 0 amide bonds. The standard InChI is InChI=1S/C33H35N4OPSi.C22H25NOSi.C20H24O2Si.C11H10N3P.C6H12NO3P/c1-32(2,3)40(27-10-6-4-7-11-27,28-12-8-5-9-13-28)38-26-22-33(23-26,17-18-34)36-20-15-25(24-36)29-14-19-35-31-30(29)16-21-37(31)39;1-22(2,3)25(20-11-7-5-8-12-20,21-13-9-6-10-14-21)24-19-15-18(16-19)17-23-4;1-20(2,3)23(18-10-6-4-7-11-18,19-12-8-5-9-13-19)22-17-14-16(21)15-17;15-14-6-3-10-9(2-5-13-11(10)14)8-1-4-12-7-8;1-3-9-11(8,6-5-7)10-4-2/h4-16,19-21,24,26H,17,22-23,39H2,1-3H3;5-14,17,19H,15-16H2,1-3H3;4-13,17H,14-15H2,1-3H3;1-7,12H,15H2;3-4,6H2,1-2H3. The van der Waals surface area contributed by atoms with E-state index < -0.39 is 32.5 Å². The van der Waals surface area contributed by atoms with E-state index in [1.165, 1.54) is 53.2 Å². The smallest absolute Gasteiger partial charge is 0.344 e. The summed E-state index contributed by atoms with van der Waals surface area (Å²) in [6.45, 7) is 31.7. The van der Waals surface area contributed by atoms with Crippen molar-refractivity contribution in [3.05, 3.63) is 291 Å². The van der Waals surface area contributed by atoms with Crippen molar-refractivity contribution < 1.29 is 31.7 Å². The van der Waals surface area contributed by atoms with Crippen LogP contribution >= 0.6 is 26.4 Å². The first-order valence-corrected chi connectivity index (χ1v) is 47.5. The molecule has 3 aliphatic rings. The number of nitrogens with zero attached hydrogens (tertiary/aromatic N) is 8. The molecule has 0 bridgehead atoms. The Balaban J connectivity index is 0.000000150. The largest absolute Gasteiger partial charge is 0.404 e. The molecular formula is C92H106N9O7P3Si3. The number of benzene rings is 6. The molecule has 22 heteroatoms. The molecule has 588 valence electrons. The van der Waals surface area contributed by atoms with Crippen molar-refractivity contribution in [2.45, 2.75) is 160 Å². The first-order chi connectivity index (χ1) is 54.7. The van der Waals surface area contributed by atoms with Crippen LogP contribution in [0.3, 0.4) is 0 Å². The zero-order valence-corrected chi connectivity index (χ0v) is 73.5. The molecule has 16 nitrogen and oxygen atoms in total. The third-order valence-corrected chi connectivity index (χ3v) is 39.6. The van der Waals surface area contributed by atoms with E-state index in [2.05, 4.69) is 324 Å². The molecule has 0 aliphatic heterocycles. The second kappa shape index (κ2) is 37.5. The van der Waals surface area contributed by atoms with Gasteiger partial charge in [0, 0.05) is 78.8 Å². The summed E-state index contributed by atoms with van der Waals surface area (Å²) in [6, 6.07) is 81.0. The SMILES string of the molecule is CC(C)(C)[Si](OC1CC(=O)C1)(c1ccccc1)c1ccccc1.CC(C)(C)[Si](OC1CC(CC#N)(n2ccc(-c3ccnc4c3ccn4P)c2)C1)(c1ccccc1)c1ccccc1.CCOP(=O)(CC#N)OCC.Pn1ccc2c(-c3cc[nH]c3)ccnc21.[C-]#[N+]C=C1CC(O[Si](c2ccccc2)(c2ccccc2)C(C)(C)C)C1. The lowest BCUT2D eigenvalue weighted by atomic mass is 9.72. The minimum Gasteiger partial charge on any atom is -0.404 e. The van der Waals surface area contributed by atoms with Gasteiger partial charge >= 0.3 is 7.60 Å². The van der Waals surface area contributed by atoms with Crippen molar-refractivity contribution in [1.82, 2.24) is 28.2 Å². The maximum atomic E-state index is 11.5. The lowest BCUT2D eigenvalue weighted by Gasteiger charge is -2.53. The highest BCUT2D eigenvalue weighted by molar-refractivity contribution is 7.54. The molecule has 3 saturated carbocycles. The normalized spacial score (nSPS) is 16.4. The van der Waals surface area contributed by atoms with Gasteiger partial charge < -0.3 is 40.6 Å². The molecule has 3 aliphatic carbocycles. The van der Waals surface area contributed by atoms with Crippen LogP contribution in [0.15, 0.2) is 280 Å². The molecule has 6 aromatic heterocycles. The number of aromatic nitrogens is 6. The molecule has 114 heavy (non-hydrogen) atoms. The van der Waals surface area contributed by atoms with Gasteiger partial charge in [0.1, 0.15) is 23.2 Å². The fourth-order valence-electron chi connectivity index (χ4n) is 16.2. The van der Waals surface area contributed by atoms with Gasteiger partial charge in [-0.1, -0.05) is 250 Å². The van der Waals surface area contributed by atoms with Crippen molar-refractivity contribution >= 4 is 110 Å². The maximum Gasteiger partial charge on any atom is 0.344 e. The Labute approximate surface area is 681 Å². The number of rotatable bonds is 21. The van der Waals surface area contributed by atoms with E-state index in [4.69, 9.17) is 34.2 Å². The van der Waals surface area contributed by atoms with Gasteiger partial charge in [0.05, 0.1) is 62.2 Å². The molecule has 2 atom stereocenters. The van der Waals surface area contributed by atoms with Gasteiger partial charge in [-0.3, -0.25) is 9.36 Å². The summed E-state index contributed by atoms with van der Waals surface area (Å²) in [7, 11) is -5.31. The summed E-state index contributed by atoms with van der Waals surface area (Å²) in [5.41, 5.74) is 7.54. The van der Waals surface area contributed by atoms with Gasteiger partial charge in [0.2, 0.25) is 0 Å². The van der Waals surface area contributed by atoms with E-state index in [0.29, 0.717) is 38.3 Å². The van der Waals surface area contributed by atoms with E-state index in [-0.39, 0.29) is 45.1 Å². The summed E-state index contributed by atoms with van der Waals surface area (Å²) in [4.78, 5) is 26.8. The fourth-order valence-corrected chi connectivity index (χ4v) is 32.0. The summed E-state index contributed by atoms with van der Waals surface area (Å²) >= 11 is 0. The highest BCUT2D eigenvalue weighted by atomic mass is 31.2. The van der Waals surface area contributed by atoms with E-state index in [0.717, 1.165) is 53.5 Å². The molecule has 12 aromatic rings. The Hall–Kier alpha value is -9.32. The molecule has 0 radical (unpaired) electrons. The third kappa shape index (κ3) is 18.8. The Kier molecular flexibility index (Phi) is 28.2. The van der Waals surface area contributed by atoms with Crippen LogP contribution < -0.4 is 31.1 Å². The number of hydrogen-bond donors (Lipinski definition) is 1. The quantitative estimate of drug-likeness (QED) is 0.0409. The Morgan fingerprint density at radius 2 is 0.912 bits per heavy atom. The van der Waals surface area contributed by atoms with Gasteiger partial charge in [0.25, 0.3) is 25.0 Å². The molecule has 15 rings (SSSR count). The molecule has 2 unspecified atom stereocenters. The van der Waals surface area contributed by atoms with Gasteiger partial charge in [0.15, 0.2) is 6.20 Å². The Bertz CT molecular complexity index is 5210. The predicted molar refractivity (Wildman–Crippen MR) is 477 cm³/mol. The van der Waals surface area contributed by atoms with E-state index in [1.54, 1.807) is 26.1 Å². The topological polar surface area (TPSA) is 189 Å². The van der Waals surface area contributed by atoms with E-state index >= 15 is 0 Å². The van der Waals surface area contributed by atoms with Gasteiger partial charge in [-0.2, -0.15) is 10.5 Å². The van der Waals surface area contributed by atoms with Crippen LogP contribution in [-0.4, -0.2) is 96.6 Å². The molecule has 0 saturated heterocycles. The molecule has 1 N–H and O–H groups in total. The van der Waals surface area contributed by atoms with E-state index in [1.807, 2.05) is 64.1 Å². The lowest BCUT2D eigenvalue weighted by Crippen LogP contribution is -2.69. The van der Waals surface area contributed by atoms with Crippen LogP contribution in [0.5, 0.6) is 0 Å². The highest BCUT2D eigenvalue weighted by Gasteiger charge is 2.57. The lowest BCUT2D eigenvalue weighted by molar-refractivity contribution is -0.129. The fraction of sp³-hybridized carbons (Fsp3) is 0.304. The van der Waals surface area contributed by atoms with Gasteiger partial charge in [-0.25, -0.2) is 14.8 Å². The number of aromatic amines is 1. The van der Waals surface area contributed by atoms with Crippen LogP contribution in [0.25, 0.3) is 49.2 Å². The van der Waals surface area contributed by atoms with Crippen LogP contribution in [0.4, 0.5) is 0 Å². The van der Waals surface area contributed by atoms with Crippen molar-refractivity contribution in [3.63, 3.8) is 0 Å². The van der Waals surface area contributed by atoms with Crippen molar-refractivity contribution in [1.29, 1.82) is 10.5 Å². The first kappa shape index (κ1) is 85.6. The third-order valence-electron chi connectivity index (χ3n) is 21.6. The van der Waals surface area contributed by atoms with E-state index in [9.17, 15) is 14.6 Å². The summed E-state index contributed by atoms with van der Waals surface area (Å²) in [6.07, 6.45) is 22.8. The average Bonchev–Trinajstić information content (AvgIpc) is 0.773. The number of carbonyl (C=O) groups excluding carboxylic acids is 1. The molecule has 6 heterocycles. The number of hydrogen-bond acceptors (Lipinski definition) is 11. The number of Topliss-reactive ketones (excluding diaryl/α,β-unsaturated/α-hetero) is 1. The molecule has 6 aromatic carbocycles. The second-order valence-electron chi connectivity index (χ2n) is 32.3. The number of ketones is 1. The monoisotopic (exact) mass is 1630 g/mol. The van der Waals surface area contributed by atoms with Crippen molar-refractivity contribution in [2.75, 3.05) is 19.4 Å². The minimum absolute atomic E-state index is 0.00890. The van der Waals surface area contributed by atoms with Crippen LogP contribution in [0, 0.1) is 29.2 Å². The average molecular weight is 1630 g/mol. The Morgan fingerprint density at radius 3 is 1.25 bits per heavy atom.